The number of amides is 1. The number of oxazole rings is 2. The van der Waals surface area contributed by atoms with E-state index in [4.69, 9.17) is 8.83 Å². The molecule has 8 nitrogen and oxygen atoms in total. The van der Waals surface area contributed by atoms with E-state index in [1.54, 1.807) is 24.3 Å². The minimum absolute atomic E-state index is 0.0142. The first-order valence-electron chi connectivity index (χ1n) is 12.7. The Morgan fingerprint density at radius 2 is 1.30 bits per heavy atom. The third-order valence-corrected chi connectivity index (χ3v) is 6.29. The van der Waals surface area contributed by atoms with Crippen LogP contribution >= 0.6 is 0 Å². The molecule has 2 N–H and O–H groups in total. The van der Waals surface area contributed by atoms with Gasteiger partial charge in [-0.1, -0.05) is 29.8 Å². The van der Waals surface area contributed by atoms with Gasteiger partial charge in [-0.05, 0) is 68.4 Å². The topological polar surface area (TPSA) is 110 Å². The van der Waals surface area contributed by atoms with E-state index in [2.05, 4.69) is 27.5 Å². The van der Waals surface area contributed by atoms with Crippen molar-refractivity contribution in [1.29, 1.82) is 0 Å². The number of nitrogens with one attached hydrogen (secondary N) is 2. The summed E-state index contributed by atoms with van der Waals surface area (Å²) in [5, 5.41) is 5.82. The third kappa shape index (κ3) is 5.91. The van der Waals surface area contributed by atoms with Gasteiger partial charge in [0.15, 0.2) is 22.8 Å². The largest absolute Gasteiger partial charge is 0.441 e. The van der Waals surface area contributed by atoms with Gasteiger partial charge in [0.1, 0.15) is 11.0 Å². The van der Waals surface area contributed by atoms with Crippen LogP contribution in [0.2, 0.25) is 0 Å². The molecule has 2 aromatic heterocycles. The summed E-state index contributed by atoms with van der Waals surface area (Å²) in [4.78, 5) is 32.0. The van der Waals surface area contributed by atoms with Crippen LogP contribution in [0.4, 0.5) is 11.4 Å². The van der Waals surface area contributed by atoms with Gasteiger partial charge in [-0.3, -0.25) is 9.59 Å². The summed E-state index contributed by atoms with van der Waals surface area (Å²) in [6.07, 6.45) is 0. The molecule has 40 heavy (non-hydrogen) atoms. The normalized spacial score (nSPS) is 10.7. The number of hydrogen-bond acceptors (Lipinski definition) is 7. The van der Waals surface area contributed by atoms with E-state index in [0.717, 1.165) is 33.6 Å². The minimum atomic E-state index is -0.197. The number of rotatable bonds is 5. The molecule has 6 rings (SSSR count). The average Bonchev–Trinajstić information content (AvgIpc) is 3.54. The number of carbonyl (C=O) groups excluding carboxylic acids is 2. The number of anilines is 2. The van der Waals surface area contributed by atoms with E-state index >= 15 is 0 Å². The number of aromatic nitrogens is 2. The average molecular weight is 533 g/mol. The number of carbonyl (C=O) groups is 2. The second-order valence-electron chi connectivity index (χ2n) is 9.32. The van der Waals surface area contributed by atoms with Gasteiger partial charge in [-0.15, -0.1) is 0 Å². The first kappa shape index (κ1) is 26.4. The van der Waals surface area contributed by atoms with Gasteiger partial charge < -0.3 is 19.5 Å². The molecule has 6 aromatic rings. The van der Waals surface area contributed by atoms with E-state index in [-0.39, 0.29) is 11.7 Å². The third-order valence-electron chi connectivity index (χ3n) is 6.29. The summed E-state index contributed by atoms with van der Waals surface area (Å²) < 4.78 is 11.3. The molecule has 8 heteroatoms. The van der Waals surface area contributed by atoms with Crippen LogP contribution < -0.4 is 10.6 Å². The van der Waals surface area contributed by atoms with Crippen molar-refractivity contribution >= 4 is 45.3 Å². The van der Waals surface area contributed by atoms with Crippen LogP contribution in [-0.2, 0) is 0 Å². The van der Waals surface area contributed by atoms with Crippen LogP contribution in [0.1, 0.15) is 39.1 Å². The second kappa shape index (κ2) is 11.2. The highest BCUT2D eigenvalue weighted by atomic mass is 16.4. The molecular weight excluding hydrogens is 504 g/mol. The van der Waals surface area contributed by atoms with E-state index in [1.807, 2.05) is 74.6 Å². The zero-order valence-corrected chi connectivity index (χ0v) is 22.6. The molecule has 0 bridgehead atoms. The Bertz CT molecular complexity index is 1750. The summed E-state index contributed by atoms with van der Waals surface area (Å²) in [6, 6.07) is 25.9. The van der Waals surface area contributed by atoms with Gasteiger partial charge in [0.05, 0.1) is 0 Å². The molecule has 1 amide bonds. The van der Waals surface area contributed by atoms with Gasteiger partial charge >= 0.3 is 0 Å². The molecule has 0 radical (unpaired) electrons. The van der Waals surface area contributed by atoms with Crippen molar-refractivity contribution in [3.8, 4) is 11.5 Å². The molecule has 200 valence electrons. The molecule has 0 unspecified atom stereocenters. The molecule has 4 aromatic carbocycles. The van der Waals surface area contributed by atoms with Crippen LogP contribution in [-0.4, -0.2) is 28.7 Å². The maximum atomic E-state index is 12.0. The van der Waals surface area contributed by atoms with E-state index in [9.17, 15) is 9.59 Å². The summed E-state index contributed by atoms with van der Waals surface area (Å²) in [5.41, 5.74) is 8.03. The van der Waals surface area contributed by atoms with Crippen molar-refractivity contribution in [3.05, 3.63) is 108 Å². The quantitative estimate of drug-likeness (QED) is 0.222. The molecule has 0 saturated carbocycles. The SMILES string of the molecule is CNc1ccc(NC(=O)c2ccc(C(C)=O)cc2)cc1.Cc1ccc(-c2nc3cc4nc(C)oc4cc3o2)cc1. The van der Waals surface area contributed by atoms with Gasteiger partial charge in [0, 0.05) is 48.1 Å². The van der Waals surface area contributed by atoms with Crippen molar-refractivity contribution in [1.82, 2.24) is 9.97 Å². The summed E-state index contributed by atoms with van der Waals surface area (Å²) in [7, 11) is 1.84. The Balaban J connectivity index is 0.000000161. The monoisotopic (exact) mass is 532 g/mol. The fourth-order valence-electron chi connectivity index (χ4n) is 4.06. The zero-order valence-electron chi connectivity index (χ0n) is 22.6. The molecule has 0 aliphatic carbocycles. The van der Waals surface area contributed by atoms with Crippen molar-refractivity contribution < 1.29 is 18.4 Å². The van der Waals surface area contributed by atoms with Gasteiger partial charge in [-0.2, -0.15) is 0 Å². The number of fused-ring (bicyclic) bond motifs is 2. The van der Waals surface area contributed by atoms with Crippen LogP contribution in [0.5, 0.6) is 0 Å². The predicted molar refractivity (Wildman–Crippen MR) is 157 cm³/mol. The summed E-state index contributed by atoms with van der Waals surface area (Å²) >= 11 is 0. The molecule has 0 fully saturated rings. The highest BCUT2D eigenvalue weighted by molar-refractivity contribution is 6.05. The van der Waals surface area contributed by atoms with Crippen molar-refractivity contribution in [2.24, 2.45) is 0 Å². The van der Waals surface area contributed by atoms with Gasteiger partial charge in [0.25, 0.3) is 5.91 Å². The second-order valence-corrected chi connectivity index (χ2v) is 9.32. The minimum Gasteiger partial charge on any atom is -0.441 e. The maximum Gasteiger partial charge on any atom is 0.255 e. The number of ketones is 1. The molecule has 0 atom stereocenters. The maximum absolute atomic E-state index is 12.0. The van der Waals surface area contributed by atoms with E-state index < -0.39 is 0 Å². The number of hydrogen-bond donors (Lipinski definition) is 2. The standard InChI is InChI=1S/C16H12N2O2.C16H16N2O2/c1-9-3-5-11(6-4-9)16-18-13-7-12-14(8-15(13)20-16)19-10(2)17-12;1-11(19)12-3-5-13(6-4-12)16(20)18-15-9-7-14(17-2)8-10-15/h3-8H,1-2H3;3-10,17H,1-2H3,(H,18,20). The highest BCUT2D eigenvalue weighted by Crippen LogP contribution is 2.28. The Morgan fingerprint density at radius 1 is 0.700 bits per heavy atom. The molecular formula is C32H28N4O4. The van der Waals surface area contributed by atoms with Crippen molar-refractivity contribution in [2.75, 3.05) is 17.7 Å². The van der Waals surface area contributed by atoms with Gasteiger partial charge in [0.2, 0.25) is 5.89 Å². The molecule has 2 heterocycles. The summed E-state index contributed by atoms with van der Waals surface area (Å²) in [6.45, 7) is 5.38. The fraction of sp³-hybridized carbons (Fsp3) is 0.125. The number of Topliss-reactive ketones (excluding diaryl/α,β-unsaturated/α-hetero) is 1. The number of nitrogens with zero attached hydrogens (tertiary/aromatic N) is 2. The van der Waals surface area contributed by atoms with Crippen molar-refractivity contribution in [2.45, 2.75) is 20.8 Å². The fourth-order valence-corrected chi connectivity index (χ4v) is 4.06. The molecule has 0 aliphatic rings. The lowest BCUT2D eigenvalue weighted by atomic mass is 10.1. The molecule has 0 spiro atoms. The Kier molecular flexibility index (Phi) is 7.41. The van der Waals surface area contributed by atoms with E-state index in [0.29, 0.717) is 28.5 Å². The molecule has 0 saturated heterocycles. The van der Waals surface area contributed by atoms with Crippen LogP contribution in [0.3, 0.4) is 0 Å². The first-order valence-corrected chi connectivity index (χ1v) is 12.7. The van der Waals surface area contributed by atoms with Crippen LogP contribution in [0, 0.1) is 13.8 Å². The number of benzene rings is 4. The number of aryl methyl sites for hydroxylation is 2. The lowest BCUT2D eigenvalue weighted by Crippen LogP contribution is -2.12. The van der Waals surface area contributed by atoms with Gasteiger partial charge in [-0.25, -0.2) is 9.97 Å². The van der Waals surface area contributed by atoms with Crippen LogP contribution in [0.25, 0.3) is 33.7 Å². The summed E-state index contributed by atoms with van der Waals surface area (Å²) in [5.74, 6) is 1.05. The Labute approximate surface area is 231 Å². The lowest BCUT2D eigenvalue weighted by Gasteiger charge is -2.07. The first-order chi connectivity index (χ1) is 19.3. The molecule has 0 aliphatic heterocycles. The van der Waals surface area contributed by atoms with Crippen molar-refractivity contribution in [3.63, 3.8) is 0 Å². The Hall–Kier alpha value is -5.24. The highest BCUT2D eigenvalue weighted by Gasteiger charge is 2.12. The van der Waals surface area contributed by atoms with E-state index in [1.165, 1.54) is 12.5 Å². The smallest absolute Gasteiger partial charge is 0.255 e. The zero-order chi connectivity index (χ0) is 28.2. The van der Waals surface area contributed by atoms with Crippen LogP contribution in [0.15, 0.2) is 93.8 Å². The lowest BCUT2D eigenvalue weighted by molar-refractivity contribution is 0.101. The predicted octanol–water partition coefficient (Wildman–Crippen LogP) is 7.44. The Morgan fingerprint density at radius 3 is 1.95 bits per heavy atom.